The average molecular weight is 388 g/mol. The maximum absolute atomic E-state index is 12.3. The Bertz CT molecular complexity index is 919. The summed E-state index contributed by atoms with van der Waals surface area (Å²) >= 11 is 0. The molecule has 6 nitrogen and oxygen atoms in total. The summed E-state index contributed by atoms with van der Waals surface area (Å²) in [6.45, 7) is 5.51. The van der Waals surface area contributed by atoms with E-state index in [2.05, 4.69) is 23.9 Å². The lowest BCUT2D eigenvalue weighted by Crippen LogP contribution is -2.28. The summed E-state index contributed by atoms with van der Waals surface area (Å²) < 4.78 is 27.0. The minimum Gasteiger partial charge on any atom is -0.326 e. The molecule has 0 atom stereocenters. The van der Waals surface area contributed by atoms with Gasteiger partial charge in [-0.15, -0.1) is 0 Å². The topological polar surface area (TPSA) is 92.3 Å². The lowest BCUT2D eigenvalue weighted by atomic mass is 10.0. The zero-order valence-corrected chi connectivity index (χ0v) is 16.5. The molecule has 0 spiro atoms. The molecule has 0 fully saturated rings. The normalized spacial score (nSPS) is 11.4. The Balaban J connectivity index is 1.90. The highest BCUT2D eigenvalue weighted by Crippen LogP contribution is 2.17. The molecule has 2 N–H and O–H groups in total. The van der Waals surface area contributed by atoms with Crippen LogP contribution in [-0.2, 0) is 14.8 Å². The summed E-state index contributed by atoms with van der Waals surface area (Å²) in [5.74, 6) is -0.0898. The van der Waals surface area contributed by atoms with Gasteiger partial charge in [-0.3, -0.25) is 9.59 Å². The summed E-state index contributed by atoms with van der Waals surface area (Å²) in [5, 5.41) is 2.74. The first-order chi connectivity index (χ1) is 12.7. The van der Waals surface area contributed by atoms with Gasteiger partial charge in [-0.1, -0.05) is 38.1 Å². The number of carbonyl (C=O) groups is 2. The standard InChI is InChI=1S/C20H24N2O4S/c1-14(2)16-7-9-18(10-8-16)22-20(24)11-12-21-27(25,26)19-6-4-5-17(13-19)15(3)23/h4-10,13-14,21H,11-12H2,1-3H3,(H,22,24). The molecule has 0 heterocycles. The number of rotatable bonds is 8. The van der Waals surface area contributed by atoms with Crippen LogP contribution in [0.25, 0.3) is 0 Å². The van der Waals surface area contributed by atoms with E-state index in [0.717, 1.165) is 0 Å². The molecule has 0 saturated carbocycles. The number of Topliss-reactive ketones (excluding diaryl/α,β-unsaturated/α-hetero) is 1. The van der Waals surface area contributed by atoms with Gasteiger partial charge in [-0.2, -0.15) is 0 Å². The highest BCUT2D eigenvalue weighted by Gasteiger charge is 2.15. The third-order valence-electron chi connectivity index (χ3n) is 4.06. The van der Waals surface area contributed by atoms with Crippen LogP contribution in [-0.4, -0.2) is 26.7 Å². The first-order valence-electron chi connectivity index (χ1n) is 8.69. The summed E-state index contributed by atoms with van der Waals surface area (Å²) in [6.07, 6.45) is -0.00242. The molecule has 2 aromatic rings. The van der Waals surface area contributed by atoms with Gasteiger partial charge in [0.1, 0.15) is 0 Å². The van der Waals surface area contributed by atoms with E-state index in [4.69, 9.17) is 0 Å². The fourth-order valence-electron chi connectivity index (χ4n) is 2.44. The van der Waals surface area contributed by atoms with Gasteiger partial charge >= 0.3 is 0 Å². The number of hydrogen-bond acceptors (Lipinski definition) is 4. The van der Waals surface area contributed by atoms with Crippen molar-refractivity contribution in [2.75, 3.05) is 11.9 Å². The summed E-state index contributed by atoms with van der Waals surface area (Å²) in [6, 6.07) is 13.3. The predicted octanol–water partition coefficient (Wildman–Crippen LogP) is 3.32. The van der Waals surface area contributed by atoms with Crippen molar-refractivity contribution in [3.63, 3.8) is 0 Å². The minimum atomic E-state index is -3.78. The molecular weight excluding hydrogens is 364 g/mol. The Morgan fingerprint density at radius 2 is 1.70 bits per heavy atom. The zero-order chi connectivity index (χ0) is 20.0. The van der Waals surface area contributed by atoms with Crippen LogP contribution < -0.4 is 10.0 Å². The third-order valence-corrected chi connectivity index (χ3v) is 5.51. The van der Waals surface area contributed by atoms with E-state index in [-0.39, 0.29) is 29.6 Å². The number of hydrogen-bond donors (Lipinski definition) is 2. The van der Waals surface area contributed by atoms with Crippen LogP contribution in [0.15, 0.2) is 53.4 Å². The molecule has 0 aliphatic heterocycles. The molecule has 27 heavy (non-hydrogen) atoms. The number of ketones is 1. The van der Waals surface area contributed by atoms with Crippen molar-refractivity contribution in [1.82, 2.24) is 4.72 Å². The lowest BCUT2D eigenvalue weighted by molar-refractivity contribution is -0.116. The monoisotopic (exact) mass is 388 g/mol. The van der Waals surface area contributed by atoms with Crippen LogP contribution in [0.1, 0.15) is 49.0 Å². The highest BCUT2D eigenvalue weighted by molar-refractivity contribution is 7.89. The first kappa shape index (κ1) is 20.8. The van der Waals surface area contributed by atoms with E-state index in [9.17, 15) is 18.0 Å². The molecule has 0 bridgehead atoms. The van der Waals surface area contributed by atoms with Crippen molar-refractivity contribution in [2.45, 2.75) is 38.0 Å². The largest absolute Gasteiger partial charge is 0.326 e. The van der Waals surface area contributed by atoms with Gasteiger partial charge in [0.2, 0.25) is 15.9 Å². The molecule has 2 rings (SSSR count). The molecular formula is C20H24N2O4S. The molecule has 0 aromatic heterocycles. The Morgan fingerprint density at radius 1 is 1.04 bits per heavy atom. The molecule has 0 unspecified atom stereocenters. The fourth-order valence-corrected chi connectivity index (χ4v) is 3.52. The van der Waals surface area contributed by atoms with Gasteiger partial charge in [-0.25, -0.2) is 13.1 Å². The van der Waals surface area contributed by atoms with Crippen LogP contribution in [0, 0.1) is 0 Å². The van der Waals surface area contributed by atoms with Gasteiger partial charge < -0.3 is 5.32 Å². The Labute approximate surface area is 160 Å². The van der Waals surface area contributed by atoms with E-state index in [1.165, 1.54) is 30.7 Å². The van der Waals surface area contributed by atoms with Crippen LogP contribution in [0.5, 0.6) is 0 Å². The number of anilines is 1. The maximum Gasteiger partial charge on any atom is 0.240 e. The summed E-state index contributed by atoms with van der Waals surface area (Å²) in [5.41, 5.74) is 2.16. The average Bonchev–Trinajstić information content (AvgIpc) is 2.62. The van der Waals surface area contributed by atoms with Crippen molar-refractivity contribution in [3.8, 4) is 0 Å². The number of carbonyl (C=O) groups excluding carboxylic acids is 2. The molecule has 0 saturated heterocycles. The lowest BCUT2D eigenvalue weighted by Gasteiger charge is -2.10. The van der Waals surface area contributed by atoms with Gasteiger partial charge in [0, 0.05) is 24.2 Å². The maximum atomic E-state index is 12.3. The molecule has 0 aliphatic rings. The molecule has 0 aliphatic carbocycles. The van der Waals surface area contributed by atoms with Crippen molar-refractivity contribution in [1.29, 1.82) is 0 Å². The van der Waals surface area contributed by atoms with Gasteiger partial charge in [0.25, 0.3) is 0 Å². The van der Waals surface area contributed by atoms with Crippen LogP contribution in [0.2, 0.25) is 0 Å². The van der Waals surface area contributed by atoms with E-state index in [1.54, 1.807) is 6.07 Å². The van der Waals surface area contributed by atoms with E-state index >= 15 is 0 Å². The van der Waals surface area contributed by atoms with Gasteiger partial charge in [0.05, 0.1) is 4.90 Å². The highest BCUT2D eigenvalue weighted by atomic mass is 32.2. The minimum absolute atomic E-state index is 0.000109. The Kier molecular flexibility index (Phi) is 6.87. The quantitative estimate of drug-likeness (QED) is 0.679. The molecule has 7 heteroatoms. The van der Waals surface area contributed by atoms with Crippen LogP contribution >= 0.6 is 0 Å². The SMILES string of the molecule is CC(=O)c1cccc(S(=O)(=O)NCCC(=O)Nc2ccc(C(C)C)cc2)c1. The molecule has 0 radical (unpaired) electrons. The Hall–Kier alpha value is -2.51. The number of amides is 1. The van der Waals surface area contributed by atoms with Gasteiger partial charge in [-0.05, 0) is 42.7 Å². The van der Waals surface area contributed by atoms with Crippen LogP contribution in [0.3, 0.4) is 0 Å². The summed E-state index contributed by atoms with van der Waals surface area (Å²) in [4.78, 5) is 23.4. The molecule has 1 amide bonds. The third kappa shape index (κ3) is 6.01. The molecule has 2 aromatic carbocycles. The predicted molar refractivity (Wildman–Crippen MR) is 105 cm³/mol. The second-order valence-electron chi connectivity index (χ2n) is 6.56. The van der Waals surface area contributed by atoms with Crippen molar-refractivity contribution >= 4 is 27.4 Å². The molecule has 144 valence electrons. The number of sulfonamides is 1. The van der Waals surface area contributed by atoms with E-state index in [1.807, 2.05) is 24.3 Å². The van der Waals surface area contributed by atoms with E-state index in [0.29, 0.717) is 17.2 Å². The number of benzene rings is 2. The second kappa shape index (κ2) is 8.92. The fraction of sp³-hybridized carbons (Fsp3) is 0.300. The van der Waals surface area contributed by atoms with Gasteiger partial charge in [0.15, 0.2) is 5.78 Å². The van der Waals surface area contributed by atoms with Crippen molar-refractivity contribution in [3.05, 3.63) is 59.7 Å². The number of nitrogens with one attached hydrogen (secondary N) is 2. The van der Waals surface area contributed by atoms with Crippen LogP contribution in [0.4, 0.5) is 5.69 Å². The second-order valence-corrected chi connectivity index (χ2v) is 8.32. The Morgan fingerprint density at radius 3 is 2.30 bits per heavy atom. The smallest absolute Gasteiger partial charge is 0.240 e. The zero-order valence-electron chi connectivity index (χ0n) is 15.7. The van der Waals surface area contributed by atoms with Crippen molar-refractivity contribution in [2.24, 2.45) is 0 Å². The van der Waals surface area contributed by atoms with E-state index < -0.39 is 10.0 Å². The van der Waals surface area contributed by atoms with Crippen molar-refractivity contribution < 1.29 is 18.0 Å². The summed E-state index contributed by atoms with van der Waals surface area (Å²) in [7, 11) is -3.78. The first-order valence-corrected chi connectivity index (χ1v) is 10.2.